The highest BCUT2D eigenvalue weighted by Crippen LogP contribution is 2.03. The molecule has 5 nitrogen and oxygen atoms in total. The first kappa shape index (κ1) is 16.0. The molecule has 0 unspecified atom stereocenters. The Kier molecular flexibility index (Phi) is 8.24. The van der Waals surface area contributed by atoms with Gasteiger partial charge in [-0.05, 0) is 24.1 Å². The van der Waals surface area contributed by atoms with E-state index in [1.807, 2.05) is 12.1 Å². The van der Waals surface area contributed by atoms with E-state index < -0.39 is 0 Å². The van der Waals surface area contributed by atoms with E-state index in [9.17, 15) is 0 Å². The molecular weight excluding hydrogens is 264 g/mol. The molecule has 106 valence electrons. The van der Waals surface area contributed by atoms with E-state index in [-0.39, 0.29) is 0 Å². The normalized spacial score (nSPS) is 10.6. The Balaban J connectivity index is 2.12. The molecule has 0 radical (unpaired) electrons. The summed E-state index contributed by atoms with van der Waals surface area (Å²) >= 11 is 4.87. The Bertz CT molecular complexity index is 388. The van der Waals surface area contributed by atoms with Crippen LogP contribution in [0.4, 0.5) is 0 Å². The molecule has 6 heteroatoms. The Morgan fingerprint density at radius 3 is 2.79 bits per heavy atom. The summed E-state index contributed by atoms with van der Waals surface area (Å²) in [5, 5.41) is 0. The van der Waals surface area contributed by atoms with Crippen LogP contribution in [0.5, 0.6) is 0 Å². The third kappa shape index (κ3) is 7.17. The van der Waals surface area contributed by atoms with Crippen LogP contribution in [0.25, 0.3) is 0 Å². The van der Waals surface area contributed by atoms with Crippen molar-refractivity contribution in [3.05, 3.63) is 29.6 Å². The van der Waals surface area contributed by atoms with Crippen LogP contribution in [0, 0.1) is 0 Å². The Morgan fingerprint density at radius 2 is 2.05 bits per heavy atom. The third-order valence-corrected chi connectivity index (χ3v) is 2.56. The molecule has 0 saturated carbocycles. The van der Waals surface area contributed by atoms with Gasteiger partial charge in [0, 0.05) is 26.5 Å². The SMILES string of the molecule is COCCCOCCOCc1ccnc(C(N)=S)c1. The van der Waals surface area contributed by atoms with Crippen LogP contribution in [0.2, 0.25) is 0 Å². The van der Waals surface area contributed by atoms with Crippen molar-refractivity contribution in [1.29, 1.82) is 0 Å². The maximum Gasteiger partial charge on any atom is 0.122 e. The van der Waals surface area contributed by atoms with Crippen molar-refractivity contribution >= 4 is 17.2 Å². The number of rotatable bonds is 10. The van der Waals surface area contributed by atoms with Crippen molar-refractivity contribution < 1.29 is 14.2 Å². The van der Waals surface area contributed by atoms with Crippen LogP contribution in [-0.4, -0.2) is 43.5 Å². The van der Waals surface area contributed by atoms with Gasteiger partial charge >= 0.3 is 0 Å². The van der Waals surface area contributed by atoms with E-state index in [0.717, 1.165) is 18.6 Å². The zero-order valence-electron chi connectivity index (χ0n) is 11.1. The number of methoxy groups -OCH3 is 1. The monoisotopic (exact) mass is 284 g/mol. The van der Waals surface area contributed by atoms with Crippen molar-refractivity contribution in [2.45, 2.75) is 13.0 Å². The average molecular weight is 284 g/mol. The van der Waals surface area contributed by atoms with Crippen LogP contribution < -0.4 is 5.73 Å². The molecule has 2 N–H and O–H groups in total. The molecule has 1 heterocycles. The largest absolute Gasteiger partial charge is 0.388 e. The number of thiocarbonyl (C=S) groups is 1. The highest BCUT2D eigenvalue weighted by molar-refractivity contribution is 7.80. The predicted octanol–water partition coefficient (Wildman–Crippen LogP) is 1.29. The minimum Gasteiger partial charge on any atom is -0.388 e. The van der Waals surface area contributed by atoms with Gasteiger partial charge in [0.25, 0.3) is 0 Å². The van der Waals surface area contributed by atoms with Crippen molar-refractivity contribution in [1.82, 2.24) is 4.98 Å². The average Bonchev–Trinajstić information content (AvgIpc) is 2.42. The number of aromatic nitrogens is 1. The van der Waals surface area contributed by atoms with E-state index in [2.05, 4.69) is 4.98 Å². The highest BCUT2D eigenvalue weighted by atomic mass is 32.1. The molecule has 19 heavy (non-hydrogen) atoms. The van der Waals surface area contributed by atoms with Gasteiger partial charge in [-0.2, -0.15) is 0 Å². The number of nitrogens with zero attached hydrogens (tertiary/aromatic N) is 1. The summed E-state index contributed by atoms with van der Waals surface area (Å²) in [5.74, 6) is 0. The fourth-order valence-electron chi connectivity index (χ4n) is 1.41. The first-order valence-electron chi connectivity index (χ1n) is 6.13. The summed E-state index contributed by atoms with van der Waals surface area (Å²) in [6.07, 6.45) is 2.58. The van der Waals surface area contributed by atoms with Gasteiger partial charge in [-0.25, -0.2) is 0 Å². The van der Waals surface area contributed by atoms with Gasteiger partial charge in [-0.1, -0.05) is 12.2 Å². The lowest BCUT2D eigenvalue weighted by molar-refractivity contribution is 0.0336. The zero-order chi connectivity index (χ0) is 13.9. The van der Waals surface area contributed by atoms with Crippen molar-refractivity contribution in [3.63, 3.8) is 0 Å². The van der Waals surface area contributed by atoms with Gasteiger partial charge in [0.2, 0.25) is 0 Å². The Hall–Kier alpha value is -1.08. The molecule has 0 atom stereocenters. The predicted molar refractivity (Wildman–Crippen MR) is 77.1 cm³/mol. The fourth-order valence-corrected chi connectivity index (χ4v) is 1.53. The molecule has 0 aliphatic carbocycles. The number of nitrogens with two attached hydrogens (primary N) is 1. The molecule has 1 aromatic rings. The summed E-state index contributed by atoms with van der Waals surface area (Å²) in [5.41, 5.74) is 7.13. The van der Waals surface area contributed by atoms with Crippen LogP contribution in [0.3, 0.4) is 0 Å². The first-order chi connectivity index (χ1) is 9.24. The summed E-state index contributed by atoms with van der Waals surface area (Å²) in [6.45, 7) is 3.05. The summed E-state index contributed by atoms with van der Waals surface area (Å²) in [6, 6.07) is 3.71. The molecule has 0 bridgehead atoms. The minimum atomic E-state index is 0.295. The van der Waals surface area contributed by atoms with Gasteiger partial charge in [-0.15, -0.1) is 0 Å². The van der Waals surface area contributed by atoms with E-state index in [4.69, 9.17) is 32.2 Å². The Morgan fingerprint density at radius 1 is 1.26 bits per heavy atom. The highest BCUT2D eigenvalue weighted by Gasteiger charge is 2.00. The maximum atomic E-state index is 5.51. The summed E-state index contributed by atoms with van der Waals surface area (Å²) in [4.78, 5) is 4.36. The molecule has 0 aliphatic rings. The molecule has 0 fully saturated rings. The van der Waals surface area contributed by atoms with E-state index in [0.29, 0.717) is 37.1 Å². The lowest BCUT2D eigenvalue weighted by atomic mass is 10.2. The Labute approximate surface area is 119 Å². The summed E-state index contributed by atoms with van der Waals surface area (Å²) < 4.78 is 15.8. The molecule has 0 saturated heterocycles. The van der Waals surface area contributed by atoms with Gasteiger partial charge in [-0.3, -0.25) is 4.98 Å². The smallest absolute Gasteiger partial charge is 0.122 e. The van der Waals surface area contributed by atoms with E-state index >= 15 is 0 Å². The molecule has 1 rings (SSSR count). The molecule has 0 spiro atoms. The van der Waals surface area contributed by atoms with E-state index in [1.54, 1.807) is 13.3 Å². The van der Waals surface area contributed by atoms with Crippen molar-refractivity contribution in [3.8, 4) is 0 Å². The second kappa shape index (κ2) is 9.80. The lowest BCUT2D eigenvalue weighted by Gasteiger charge is -2.06. The van der Waals surface area contributed by atoms with Crippen LogP contribution >= 0.6 is 12.2 Å². The number of hydrogen-bond donors (Lipinski definition) is 1. The van der Waals surface area contributed by atoms with Crippen molar-refractivity contribution in [2.75, 3.05) is 33.5 Å². The number of pyridine rings is 1. The molecule has 1 aromatic heterocycles. The maximum absolute atomic E-state index is 5.51. The van der Waals surface area contributed by atoms with Gasteiger partial charge in [0.1, 0.15) is 4.99 Å². The van der Waals surface area contributed by atoms with Crippen LogP contribution in [0.15, 0.2) is 18.3 Å². The molecule has 0 aliphatic heterocycles. The quantitative estimate of drug-likeness (QED) is 0.516. The second-order valence-electron chi connectivity index (χ2n) is 3.92. The standard InChI is InChI=1S/C13H20N2O3S/c1-16-5-2-6-17-7-8-18-10-11-3-4-15-12(9-11)13(14)19/h3-4,9H,2,5-8,10H2,1H3,(H2,14,19). The fraction of sp³-hybridized carbons (Fsp3) is 0.538. The van der Waals surface area contributed by atoms with Gasteiger partial charge < -0.3 is 19.9 Å². The number of ether oxygens (including phenoxy) is 3. The van der Waals surface area contributed by atoms with Gasteiger partial charge in [0.05, 0.1) is 25.5 Å². The molecule has 0 aromatic carbocycles. The van der Waals surface area contributed by atoms with Crippen LogP contribution in [-0.2, 0) is 20.8 Å². The van der Waals surface area contributed by atoms with Gasteiger partial charge in [0.15, 0.2) is 0 Å². The molecule has 0 amide bonds. The lowest BCUT2D eigenvalue weighted by Crippen LogP contribution is -2.12. The topological polar surface area (TPSA) is 66.6 Å². The minimum absolute atomic E-state index is 0.295. The van der Waals surface area contributed by atoms with Crippen LogP contribution in [0.1, 0.15) is 17.7 Å². The number of hydrogen-bond acceptors (Lipinski definition) is 5. The van der Waals surface area contributed by atoms with Crippen molar-refractivity contribution in [2.24, 2.45) is 5.73 Å². The first-order valence-corrected chi connectivity index (χ1v) is 6.54. The third-order valence-electron chi connectivity index (χ3n) is 2.35. The zero-order valence-corrected chi connectivity index (χ0v) is 11.9. The molecular formula is C13H20N2O3S. The summed E-state index contributed by atoms with van der Waals surface area (Å²) in [7, 11) is 1.68. The van der Waals surface area contributed by atoms with E-state index in [1.165, 1.54) is 0 Å². The second-order valence-corrected chi connectivity index (χ2v) is 4.36.